The van der Waals surface area contributed by atoms with Crippen LogP contribution >= 0.6 is 11.8 Å². The summed E-state index contributed by atoms with van der Waals surface area (Å²) in [5.41, 5.74) is 2.65. The molecule has 1 N–H and O–H groups in total. The molecule has 1 aromatic heterocycles. The van der Waals surface area contributed by atoms with Gasteiger partial charge >= 0.3 is 0 Å². The number of carbonyl (C=O) groups excluding carboxylic acids is 1. The molecule has 0 spiro atoms. The number of anilines is 2. The number of nitrogens with zero attached hydrogens (tertiary/aromatic N) is 6. The summed E-state index contributed by atoms with van der Waals surface area (Å²) in [4.78, 5) is 17.4. The van der Waals surface area contributed by atoms with E-state index in [4.69, 9.17) is 4.74 Å². The Hall–Kier alpha value is -3.37. The molecule has 172 valence electrons. The Morgan fingerprint density at radius 3 is 2.64 bits per heavy atom. The highest BCUT2D eigenvalue weighted by atomic mass is 32.2. The Kier molecular flexibility index (Phi) is 7.59. The molecule has 2 heterocycles. The Labute approximate surface area is 197 Å². The Morgan fingerprint density at radius 2 is 1.91 bits per heavy atom. The number of methoxy groups -OCH3 is 1. The van der Waals surface area contributed by atoms with Crippen LogP contribution in [0.5, 0.6) is 5.75 Å². The van der Waals surface area contributed by atoms with E-state index in [2.05, 4.69) is 43.3 Å². The van der Waals surface area contributed by atoms with Gasteiger partial charge in [0.1, 0.15) is 5.75 Å². The molecule has 0 unspecified atom stereocenters. The summed E-state index contributed by atoms with van der Waals surface area (Å²) < 4.78 is 6.80. The van der Waals surface area contributed by atoms with Crippen LogP contribution in [0.15, 0.2) is 66.3 Å². The van der Waals surface area contributed by atoms with Crippen LogP contribution in [0.1, 0.15) is 0 Å². The topological polar surface area (TPSA) is 88.4 Å². The van der Waals surface area contributed by atoms with E-state index >= 15 is 0 Å². The second-order valence-electron chi connectivity index (χ2n) is 7.50. The summed E-state index contributed by atoms with van der Waals surface area (Å²) in [7, 11) is 1.62. The van der Waals surface area contributed by atoms with Gasteiger partial charge in [0.05, 0.1) is 29.9 Å². The number of amides is 1. The second-order valence-corrected chi connectivity index (χ2v) is 8.44. The lowest BCUT2D eigenvalue weighted by molar-refractivity contribution is -0.113. The van der Waals surface area contributed by atoms with E-state index in [1.807, 2.05) is 48.5 Å². The maximum absolute atomic E-state index is 12.7. The van der Waals surface area contributed by atoms with Gasteiger partial charge in [-0.15, -0.1) is 11.7 Å². The molecular weight excluding hydrogens is 438 g/mol. The van der Waals surface area contributed by atoms with Gasteiger partial charge in [-0.05, 0) is 46.8 Å². The molecule has 0 saturated carbocycles. The molecule has 0 atom stereocenters. The number of tetrazole rings is 1. The largest absolute Gasteiger partial charge is 0.497 e. The number of rotatable bonds is 9. The summed E-state index contributed by atoms with van der Waals surface area (Å²) >= 11 is 1.29. The van der Waals surface area contributed by atoms with Crippen molar-refractivity contribution in [2.24, 2.45) is 0 Å². The highest BCUT2D eigenvalue weighted by molar-refractivity contribution is 7.99. The molecule has 9 nitrogen and oxygen atoms in total. The van der Waals surface area contributed by atoms with E-state index in [1.54, 1.807) is 11.8 Å². The summed E-state index contributed by atoms with van der Waals surface area (Å²) in [5.74, 6) is 0.834. The van der Waals surface area contributed by atoms with Gasteiger partial charge in [-0.3, -0.25) is 9.69 Å². The van der Waals surface area contributed by atoms with E-state index in [0.717, 1.165) is 55.5 Å². The minimum Gasteiger partial charge on any atom is -0.497 e. The first-order chi connectivity index (χ1) is 16.2. The van der Waals surface area contributed by atoms with Crippen molar-refractivity contribution < 1.29 is 9.53 Å². The average Bonchev–Trinajstić information content (AvgIpc) is 3.33. The van der Waals surface area contributed by atoms with Crippen molar-refractivity contribution in [3.8, 4) is 11.4 Å². The van der Waals surface area contributed by atoms with Crippen molar-refractivity contribution in [3.63, 3.8) is 0 Å². The number of nitrogens with one attached hydrogen (secondary N) is 1. The number of thioether (sulfide) groups is 1. The molecule has 33 heavy (non-hydrogen) atoms. The standard InChI is InChI=1S/C23H27N7O2S/c1-3-12-28-13-15-29(16-14-28)21-7-5-4-6-20(21)24-22(31)17-33-23-25-26-27-30(23)18-8-10-19(32-2)11-9-18/h3-11H,1,12-17H2,2H3,(H,24,31). The molecule has 0 bridgehead atoms. The molecule has 4 rings (SSSR count). The van der Waals surface area contributed by atoms with Crippen molar-refractivity contribution in [1.29, 1.82) is 0 Å². The zero-order chi connectivity index (χ0) is 23.0. The molecule has 0 radical (unpaired) electrons. The monoisotopic (exact) mass is 465 g/mol. The van der Waals surface area contributed by atoms with Gasteiger partial charge in [0, 0.05) is 32.7 Å². The maximum Gasteiger partial charge on any atom is 0.234 e. The fourth-order valence-corrected chi connectivity index (χ4v) is 4.37. The van der Waals surface area contributed by atoms with Gasteiger partial charge in [0.2, 0.25) is 11.1 Å². The third kappa shape index (κ3) is 5.71. The fourth-order valence-electron chi connectivity index (χ4n) is 3.68. The lowest BCUT2D eigenvalue weighted by Gasteiger charge is -2.36. The van der Waals surface area contributed by atoms with Crippen LogP contribution in [0.4, 0.5) is 11.4 Å². The number of para-hydroxylation sites is 2. The van der Waals surface area contributed by atoms with Crippen molar-refractivity contribution in [2.45, 2.75) is 5.16 Å². The minimum atomic E-state index is -0.109. The zero-order valence-electron chi connectivity index (χ0n) is 18.6. The number of hydrogen-bond donors (Lipinski definition) is 1. The molecule has 1 fully saturated rings. The fraction of sp³-hybridized carbons (Fsp3) is 0.304. The van der Waals surface area contributed by atoms with E-state index in [-0.39, 0.29) is 11.7 Å². The zero-order valence-corrected chi connectivity index (χ0v) is 19.4. The average molecular weight is 466 g/mol. The third-order valence-electron chi connectivity index (χ3n) is 5.37. The van der Waals surface area contributed by atoms with Crippen molar-refractivity contribution in [2.75, 3.05) is 55.8 Å². The van der Waals surface area contributed by atoms with Crippen LogP contribution < -0.4 is 15.0 Å². The predicted molar refractivity (Wildman–Crippen MR) is 130 cm³/mol. The first-order valence-corrected chi connectivity index (χ1v) is 11.7. The first-order valence-electron chi connectivity index (χ1n) is 10.7. The quantitative estimate of drug-likeness (QED) is 0.381. The van der Waals surface area contributed by atoms with Crippen molar-refractivity contribution >= 4 is 29.0 Å². The van der Waals surface area contributed by atoms with Gasteiger partial charge in [-0.25, -0.2) is 0 Å². The second kappa shape index (κ2) is 11.0. The highest BCUT2D eigenvalue weighted by Crippen LogP contribution is 2.27. The normalized spacial score (nSPS) is 14.2. The number of hydrogen-bond acceptors (Lipinski definition) is 8. The lowest BCUT2D eigenvalue weighted by atomic mass is 10.2. The van der Waals surface area contributed by atoms with E-state index < -0.39 is 0 Å². The van der Waals surface area contributed by atoms with Gasteiger partial charge in [-0.2, -0.15) is 4.68 Å². The Bertz CT molecular complexity index is 1080. The first kappa shape index (κ1) is 22.8. The molecule has 2 aromatic carbocycles. The number of piperazine rings is 1. The van der Waals surface area contributed by atoms with Crippen LogP contribution in [0.25, 0.3) is 5.69 Å². The lowest BCUT2D eigenvalue weighted by Crippen LogP contribution is -2.46. The summed E-state index contributed by atoms with van der Waals surface area (Å²) in [6.07, 6.45) is 1.94. The molecule has 1 aliphatic heterocycles. The molecule has 1 saturated heterocycles. The summed E-state index contributed by atoms with van der Waals surface area (Å²) in [6, 6.07) is 15.3. The van der Waals surface area contributed by atoms with Crippen LogP contribution in [0.3, 0.4) is 0 Å². The molecule has 1 aliphatic rings. The SMILES string of the molecule is C=CCN1CCN(c2ccccc2NC(=O)CSc2nnnn2-c2ccc(OC)cc2)CC1. The van der Waals surface area contributed by atoms with Gasteiger partial charge in [0.25, 0.3) is 0 Å². The van der Waals surface area contributed by atoms with Crippen molar-refractivity contribution in [3.05, 3.63) is 61.2 Å². The maximum atomic E-state index is 12.7. The summed E-state index contributed by atoms with van der Waals surface area (Å²) in [6.45, 7) is 8.48. The van der Waals surface area contributed by atoms with Gasteiger partial charge in [-0.1, -0.05) is 30.0 Å². The number of ether oxygens (including phenoxy) is 1. The number of aromatic nitrogens is 4. The summed E-state index contributed by atoms with van der Waals surface area (Å²) in [5, 5.41) is 15.5. The van der Waals surface area contributed by atoms with Crippen LogP contribution in [-0.4, -0.2) is 76.6 Å². The van der Waals surface area contributed by atoms with Gasteiger partial charge < -0.3 is 15.0 Å². The molecule has 10 heteroatoms. The Morgan fingerprint density at radius 1 is 1.15 bits per heavy atom. The van der Waals surface area contributed by atoms with E-state index in [0.29, 0.717) is 5.16 Å². The van der Waals surface area contributed by atoms with Crippen molar-refractivity contribution in [1.82, 2.24) is 25.1 Å². The number of benzene rings is 2. The van der Waals surface area contributed by atoms with Crippen LogP contribution in [0.2, 0.25) is 0 Å². The number of carbonyl (C=O) groups is 1. The minimum absolute atomic E-state index is 0.109. The molecule has 0 aliphatic carbocycles. The molecule has 1 amide bonds. The van der Waals surface area contributed by atoms with E-state index in [9.17, 15) is 4.79 Å². The third-order valence-corrected chi connectivity index (χ3v) is 6.29. The molecule has 3 aromatic rings. The Balaban J connectivity index is 1.37. The van der Waals surface area contributed by atoms with Gasteiger partial charge in [0.15, 0.2) is 0 Å². The molecular formula is C23H27N7O2S. The smallest absolute Gasteiger partial charge is 0.234 e. The van der Waals surface area contributed by atoms with E-state index in [1.165, 1.54) is 11.8 Å². The predicted octanol–water partition coefficient (Wildman–Crippen LogP) is 2.71. The highest BCUT2D eigenvalue weighted by Gasteiger charge is 2.19. The van der Waals surface area contributed by atoms with Crippen LogP contribution in [0, 0.1) is 0 Å². The van der Waals surface area contributed by atoms with Crippen LogP contribution in [-0.2, 0) is 4.79 Å².